The van der Waals surface area contributed by atoms with Crippen molar-refractivity contribution in [1.29, 1.82) is 0 Å². The van der Waals surface area contributed by atoms with Crippen molar-refractivity contribution in [3.05, 3.63) is 97.2 Å². The minimum absolute atomic E-state index is 0.0871. The molecule has 82 heavy (non-hydrogen) atoms. The van der Waals surface area contributed by atoms with Crippen LogP contribution in [0.1, 0.15) is 348 Å². The fraction of sp³-hybridized carbons (Fsp3) is 0.750. The number of unbranched alkanes of at least 4 members (excludes halogenated alkanes) is 37. The highest BCUT2D eigenvalue weighted by atomic mass is 16.6. The molecule has 0 bridgehead atoms. The molecule has 0 aromatic heterocycles. The molecular weight excluding hydrogens is 1010 g/mol. The SMILES string of the molecule is CC/C=C\C/C=C\C/C=C\C/C=C\C/C=C\C/C=C\C/C=C\C/C=C\CCCCC(=O)OCC(COC(=O)CCCCCCCCCCCCCC)OC(=O)CCCCCCCCCCCCCCCCCCCCCCCCCCC. The van der Waals surface area contributed by atoms with E-state index in [2.05, 4.69) is 118 Å². The van der Waals surface area contributed by atoms with E-state index in [4.69, 9.17) is 14.2 Å². The minimum atomic E-state index is -0.794. The van der Waals surface area contributed by atoms with Crippen LogP contribution in [0.3, 0.4) is 0 Å². The van der Waals surface area contributed by atoms with Crippen LogP contribution >= 0.6 is 0 Å². The van der Waals surface area contributed by atoms with E-state index in [1.54, 1.807) is 0 Å². The molecule has 1 unspecified atom stereocenters. The van der Waals surface area contributed by atoms with Gasteiger partial charge in [0.05, 0.1) is 0 Å². The third-order valence-electron chi connectivity index (χ3n) is 15.4. The van der Waals surface area contributed by atoms with E-state index in [1.165, 1.54) is 199 Å². The molecule has 0 aromatic carbocycles. The average molecular weight is 1140 g/mol. The Kier molecular flexibility index (Phi) is 66.7. The topological polar surface area (TPSA) is 78.9 Å². The van der Waals surface area contributed by atoms with Crippen molar-refractivity contribution in [2.45, 2.75) is 354 Å². The molecule has 472 valence electrons. The molecule has 0 amide bonds. The van der Waals surface area contributed by atoms with Crippen molar-refractivity contribution in [3.8, 4) is 0 Å². The van der Waals surface area contributed by atoms with Crippen LogP contribution < -0.4 is 0 Å². The highest BCUT2D eigenvalue weighted by molar-refractivity contribution is 5.71. The van der Waals surface area contributed by atoms with Crippen LogP contribution in [0.5, 0.6) is 0 Å². The molecule has 0 aliphatic carbocycles. The van der Waals surface area contributed by atoms with Gasteiger partial charge in [0, 0.05) is 19.3 Å². The summed E-state index contributed by atoms with van der Waals surface area (Å²) in [4.78, 5) is 38.4. The number of allylic oxidation sites excluding steroid dienone is 16. The van der Waals surface area contributed by atoms with Crippen molar-refractivity contribution in [2.75, 3.05) is 13.2 Å². The zero-order chi connectivity index (χ0) is 59.2. The monoisotopic (exact) mass is 1140 g/mol. The first-order chi connectivity index (χ1) is 40.5. The molecule has 1 atom stereocenters. The summed E-state index contributed by atoms with van der Waals surface area (Å²) in [6.07, 6.45) is 94.4. The minimum Gasteiger partial charge on any atom is -0.462 e. The van der Waals surface area contributed by atoms with Gasteiger partial charge in [-0.15, -0.1) is 0 Å². The van der Waals surface area contributed by atoms with Crippen molar-refractivity contribution >= 4 is 17.9 Å². The molecule has 0 spiro atoms. The second-order valence-electron chi connectivity index (χ2n) is 23.4. The third-order valence-corrected chi connectivity index (χ3v) is 15.4. The number of carbonyl (C=O) groups is 3. The Labute approximate surface area is 508 Å². The lowest BCUT2D eigenvalue weighted by Gasteiger charge is -2.18. The van der Waals surface area contributed by atoms with E-state index in [0.29, 0.717) is 19.3 Å². The second kappa shape index (κ2) is 69.8. The van der Waals surface area contributed by atoms with E-state index in [-0.39, 0.29) is 31.1 Å². The van der Waals surface area contributed by atoms with Gasteiger partial charge in [-0.25, -0.2) is 0 Å². The quantitative estimate of drug-likeness (QED) is 0.0261. The molecule has 0 rings (SSSR count). The number of carbonyl (C=O) groups excluding carboxylic acids is 3. The first-order valence-electron chi connectivity index (χ1n) is 35.2. The van der Waals surface area contributed by atoms with E-state index in [9.17, 15) is 14.4 Å². The van der Waals surface area contributed by atoms with Gasteiger partial charge in [-0.1, -0.05) is 343 Å². The summed E-state index contributed by atoms with van der Waals surface area (Å²) in [7, 11) is 0. The Hall–Kier alpha value is -3.67. The van der Waals surface area contributed by atoms with Crippen molar-refractivity contribution in [3.63, 3.8) is 0 Å². The van der Waals surface area contributed by atoms with Gasteiger partial charge in [-0.2, -0.15) is 0 Å². The maximum absolute atomic E-state index is 12.9. The Morgan fingerprint density at radius 3 is 0.744 bits per heavy atom. The number of hydrogen-bond acceptors (Lipinski definition) is 6. The largest absolute Gasteiger partial charge is 0.462 e. The van der Waals surface area contributed by atoms with Gasteiger partial charge in [-0.05, 0) is 83.5 Å². The van der Waals surface area contributed by atoms with Gasteiger partial charge < -0.3 is 14.2 Å². The highest BCUT2D eigenvalue weighted by Crippen LogP contribution is 2.18. The zero-order valence-corrected chi connectivity index (χ0v) is 54.2. The number of hydrogen-bond donors (Lipinski definition) is 0. The molecule has 0 saturated carbocycles. The van der Waals surface area contributed by atoms with Crippen LogP contribution in [-0.2, 0) is 28.6 Å². The normalized spacial score (nSPS) is 12.7. The van der Waals surface area contributed by atoms with Gasteiger partial charge in [-0.3, -0.25) is 14.4 Å². The summed E-state index contributed by atoms with van der Waals surface area (Å²) in [5, 5.41) is 0. The van der Waals surface area contributed by atoms with Crippen LogP contribution in [0.15, 0.2) is 97.2 Å². The lowest BCUT2D eigenvalue weighted by molar-refractivity contribution is -0.167. The molecule has 0 aromatic rings. The summed E-state index contributed by atoms with van der Waals surface area (Å²) in [5.74, 6) is -0.916. The summed E-state index contributed by atoms with van der Waals surface area (Å²) in [6.45, 7) is 6.53. The second-order valence-corrected chi connectivity index (χ2v) is 23.4. The maximum Gasteiger partial charge on any atom is 0.306 e. The lowest BCUT2D eigenvalue weighted by atomic mass is 10.0. The van der Waals surface area contributed by atoms with Gasteiger partial charge in [0.15, 0.2) is 6.10 Å². The summed E-state index contributed by atoms with van der Waals surface area (Å²) < 4.78 is 16.9. The molecule has 0 aliphatic heterocycles. The Bertz CT molecular complexity index is 1590. The first kappa shape index (κ1) is 78.3. The predicted molar refractivity (Wildman–Crippen MR) is 357 cm³/mol. The van der Waals surface area contributed by atoms with Crippen molar-refractivity contribution in [1.82, 2.24) is 0 Å². The van der Waals surface area contributed by atoms with E-state index in [0.717, 1.165) is 109 Å². The number of ether oxygens (including phenoxy) is 3. The summed E-state index contributed by atoms with van der Waals surface area (Å²) in [5.41, 5.74) is 0. The van der Waals surface area contributed by atoms with Crippen LogP contribution in [0.4, 0.5) is 0 Å². The fourth-order valence-corrected chi connectivity index (χ4v) is 10.1. The predicted octanol–water partition coefficient (Wildman–Crippen LogP) is 24.4. The summed E-state index contributed by atoms with van der Waals surface area (Å²) >= 11 is 0. The lowest BCUT2D eigenvalue weighted by Crippen LogP contribution is -2.30. The van der Waals surface area contributed by atoms with Crippen molar-refractivity contribution in [2.24, 2.45) is 0 Å². The van der Waals surface area contributed by atoms with E-state index in [1.807, 2.05) is 0 Å². The molecular formula is C76H132O6. The molecule has 0 aliphatic rings. The highest BCUT2D eigenvalue weighted by Gasteiger charge is 2.19. The van der Waals surface area contributed by atoms with Crippen LogP contribution in [0.2, 0.25) is 0 Å². The Balaban J connectivity index is 4.33. The Morgan fingerprint density at radius 1 is 0.256 bits per heavy atom. The molecule has 6 heteroatoms. The number of rotatable bonds is 64. The van der Waals surface area contributed by atoms with Crippen LogP contribution in [0, 0.1) is 0 Å². The smallest absolute Gasteiger partial charge is 0.306 e. The molecule has 0 fully saturated rings. The fourth-order valence-electron chi connectivity index (χ4n) is 10.1. The van der Waals surface area contributed by atoms with Crippen LogP contribution in [-0.4, -0.2) is 37.2 Å². The van der Waals surface area contributed by atoms with Crippen molar-refractivity contribution < 1.29 is 28.6 Å². The third kappa shape index (κ3) is 67.1. The van der Waals surface area contributed by atoms with Crippen LogP contribution in [0.25, 0.3) is 0 Å². The zero-order valence-electron chi connectivity index (χ0n) is 54.2. The van der Waals surface area contributed by atoms with Gasteiger partial charge in [0.1, 0.15) is 13.2 Å². The molecule has 0 radical (unpaired) electrons. The van der Waals surface area contributed by atoms with E-state index < -0.39 is 6.10 Å². The van der Waals surface area contributed by atoms with E-state index >= 15 is 0 Å². The first-order valence-corrected chi connectivity index (χ1v) is 35.2. The Morgan fingerprint density at radius 2 is 0.476 bits per heavy atom. The maximum atomic E-state index is 12.9. The standard InChI is InChI=1S/C76H132O6/c1-4-7-10-13-16-19-22-25-27-29-31-33-35-37-38-40-41-43-45-47-49-51-54-57-60-63-66-69-75(78)81-72-73(71-80-74(77)68-65-62-59-56-53-24-21-18-15-12-9-6-3)82-76(79)70-67-64-61-58-55-52-50-48-46-44-42-39-36-34-32-30-28-26-23-20-17-14-11-8-5-2/h7,10,16,19,25,27,31,33,37-38,41,43,47,49,54,57,73H,4-6,8-9,11-15,17-18,20-24,26,28-30,32,34-36,39-40,42,44-46,48,50-53,55-56,58-72H2,1-3H3/b10-7-,19-16-,27-25-,33-31-,38-37-,43-41-,49-47-,57-54-. The number of esters is 3. The molecule has 6 nitrogen and oxygen atoms in total. The van der Waals surface area contributed by atoms with Gasteiger partial charge in [0.2, 0.25) is 0 Å². The molecule has 0 saturated heterocycles. The average Bonchev–Trinajstić information content (AvgIpc) is 3.47. The van der Waals surface area contributed by atoms with Gasteiger partial charge in [0.25, 0.3) is 0 Å². The molecule has 0 N–H and O–H groups in total. The summed E-state index contributed by atoms with van der Waals surface area (Å²) in [6, 6.07) is 0. The van der Waals surface area contributed by atoms with Gasteiger partial charge >= 0.3 is 17.9 Å². The molecule has 0 heterocycles.